The Kier molecular flexibility index (Phi) is 7.05. The van der Waals surface area contributed by atoms with Crippen molar-refractivity contribution in [2.75, 3.05) is 5.01 Å². The van der Waals surface area contributed by atoms with Gasteiger partial charge in [-0.05, 0) is 25.1 Å². The van der Waals surface area contributed by atoms with Crippen LogP contribution in [0.3, 0.4) is 0 Å². The molecule has 0 saturated heterocycles. The molecule has 1 heterocycles. The number of hydrogen-bond acceptors (Lipinski definition) is 10. The number of nitro benzene ring substituents is 1. The van der Waals surface area contributed by atoms with Crippen molar-refractivity contribution >= 4 is 38.8 Å². The van der Waals surface area contributed by atoms with E-state index in [-0.39, 0.29) is 35.3 Å². The van der Waals surface area contributed by atoms with E-state index in [1.807, 2.05) is 0 Å². The number of amides is 1. The molecule has 0 spiro atoms. The van der Waals surface area contributed by atoms with Crippen LogP contribution in [0.15, 0.2) is 62.7 Å². The number of hydrogen-bond donors (Lipinski definition) is 1. The van der Waals surface area contributed by atoms with Crippen LogP contribution in [0.4, 0.5) is 17.1 Å². The predicted molar refractivity (Wildman–Crippen MR) is 98.1 cm³/mol. The second-order valence-electron chi connectivity index (χ2n) is 5.87. The molecule has 1 amide bonds. The van der Waals surface area contributed by atoms with Gasteiger partial charge in [0.05, 0.1) is 21.2 Å². The number of aromatic hydroxyl groups is 1. The van der Waals surface area contributed by atoms with Gasteiger partial charge in [0.1, 0.15) is 15.8 Å². The molecule has 3 rings (SSSR count). The SMILES string of the molecule is CC1=NN(c2ccccc2)C(=O)C1N=Nc1cc(S(=O)(=O)[O-])cc([N+](=O)[O-])c1O.[Na+]. The normalized spacial score (nSPS) is 16.5. The number of carbonyl (C=O) groups excluding carboxylic acids is 1. The van der Waals surface area contributed by atoms with Gasteiger partial charge in [0, 0.05) is 6.07 Å². The quantitative estimate of drug-likeness (QED) is 0.205. The van der Waals surface area contributed by atoms with Crippen LogP contribution < -0.4 is 34.6 Å². The number of rotatable bonds is 5. The van der Waals surface area contributed by atoms with Crippen molar-refractivity contribution in [3.63, 3.8) is 0 Å². The fraction of sp³-hybridized carbons (Fsp3) is 0.125. The zero-order valence-electron chi connectivity index (χ0n) is 15.7. The van der Waals surface area contributed by atoms with Crippen molar-refractivity contribution in [1.29, 1.82) is 0 Å². The molecule has 1 unspecified atom stereocenters. The minimum atomic E-state index is -5.07. The molecular weight excluding hydrogens is 429 g/mol. The van der Waals surface area contributed by atoms with Crippen molar-refractivity contribution in [3.8, 4) is 5.75 Å². The van der Waals surface area contributed by atoms with Gasteiger partial charge in [-0.3, -0.25) is 14.9 Å². The third kappa shape index (κ3) is 4.71. The Morgan fingerprint density at radius 3 is 2.43 bits per heavy atom. The van der Waals surface area contributed by atoms with Crippen LogP contribution in [-0.2, 0) is 14.9 Å². The molecule has 30 heavy (non-hydrogen) atoms. The Labute approximate surface area is 192 Å². The van der Waals surface area contributed by atoms with Crippen molar-refractivity contribution in [2.45, 2.75) is 17.9 Å². The molecule has 0 saturated carbocycles. The molecule has 1 N–H and O–H groups in total. The van der Waals surface area contributed by atoms with Crippen molar-refractivity contribution in [2.24, 2.45) is 15.3 Å². The van der Waals surface area contributed by atoms with Gasteiger partial charge in [0.25, 0.3) is 5.91 Å². The predicted octanol–water partition coefficient (Wildman–Crippen LogP) is -0.917. The Morgan fingerprint density at radius 1 is 1.23 bits per heavy atom. The number of phenolic OH excluding ortho intramolecular Hbond substituents is 1. The second kappa shape index (κ2) is 8.97. The smallest absolute Gasteiger partial charge is 0.744 e. The molecule has 1 atom stereocenters. The van der Waals surface area contributed by atoms with E-state index < -0.39 is 49.0 Å². The first-order chi connectivity index (χ1) is 13.6. The molecular formula is C16H12N5NaO7S. The van der Waals surface area contributed by atoms with Crippen LogP contribution in [0, 0.1) is 10.1 Å². The van der Waals surface area contributed by atoms with E-state index in [0.29, 0.717) is 17.8 Å². The zero-order chi connectivity index (χ0) is 21.3. The summed E-state index contributed by atoms with van der Waals surface area (Å²) >= 11 is 0. The van der Waals surface area contributed by atoms with Crippen LogP contribution in [0.25, 0.3) is 0 Å². The maximum Gasteiger partial charge on any atom is 1.00 e. The fourth-order valence-electron chi connectivity index (χ4n) is 2.50. The third-order valence-corrected chi connectivity index (χ3v) is 4.72. The Bertz CT molecular complexity index is 1170. The first kappa shape index (κ1) is 23.6. The van der Waals surface area contributed by atoms with Gasteiger partial charge < -0.3 is 9.66 Å². The van der Waals surface area contributed by atoms with Gasteiger partial charge in [0.2, 0.25) is 5.75 Å². The Hall–Kier alpha value is -2.71. The average Bonchev–Trinajstić information content (AvgIpc) is 2.94. The Morgan fingerprint density at radius 2 is 1.87 bits per heavy atom. The Balaban J connectivity index is 0.00000320. The third-order valence-electron chi connectivity index (χ3n) is 3.91. The van der Waals surface area contributed by atoms with Crippen LogP contribution in [0.2, 0.25) is 0 Å². The summed E-state index contributed by atoms with van der Waals surface area (Å²) in [5.41, 5.74) is -0.950. The number of azo groups is 1. The van der Waals surface area contributed by atoms with Gasteiger partial charge in [-0.2, -0.15) is 20.3 Å². The van der Waals surface area contributed by atoms with Crippen LogP contribution >= 0.6 is 0 Å². The topological polar surface area (TPSA) is 178 Å². The summed E-state index contributed by atoms with van der Waals surface area (Å²) < 4.78 is 33.7. The number of hydrazone groups is 1. The molecule has 2 aromatic rings. The van der Waals surface area contributed by atoms with Gasteiger partial charge in [-0.1, -0.05) is 18.2 Å². The van der Waals surface area contributed by atoms with Gasteiger partial charge >= 0.3 is 35.2 Å². The molecule has 0 aliphatic carbocycles. The molecule has 1 aliphatic heterocycles. The summed E-state index contributed by atoms with van der Waals surface area (Å²) in [5.74, 6) is -1.56. The number of carbonyl (C=O) groups is 1. The van der Waals surface area contributed by atoms with Gasteiger partial charge in [-0.15, -0.1) is 0 Å². The van der Waals surface area contributed by atoms with Gasteiger partial charge in [-0.25, -0.2) is 8.42 Å². The molecule has 12 nitrogen and oxygen atoms in total. The second-order valence-corrected chi connectivity index (χ2v) is 7.25. The summed E-state index contributed by atoms with van der Waals surface area (Å²) in [6, 6.07) is 8.31. The minimum absolute atomic E-state index is 0. The molecule has 150 valence electrons. The van der Waals surface area contributed by atoms with Gasteiger partial charge in [0.15, 0.2) is 6.04 Å². The molecule has 0 bridgehead atoms. The van der Waals surface area contributed by atoms with E-state index in [0.717, 1.165) is 5.01 Å². The van der Waals surface area contributed by atoms with E-state index in [4.69, 9.17) is 0 Å². The molecule has 0 aromatic heterocycles. The van der Waals surface area contributed by atoms with E-state index in [9.17, 15) is 33.0 Å². The maximum atomic E-state index is 12.6. The standard InChI is InChI=1S/C16H13N5O7S.Na/c1-9-14(16(23)20(19-9)10-5-3-2-4-6-10)18-17-12-7-11(29(26,27)28)8-13(15(12)22)21(24)25;/h2-8,14,22H,1H3,(H,26,27,28);/q;+1/p-1. The van der Waals surface area contributed by atoms with E-state index in [2.05, 4.69) is 15.3 Å². The summed E-state index contributed by atoms with van der Waals surface area (Å²) in [6.45, 7) is 1.51. The fourth-order valence-corrected chi connectivity index (χ4v) is 3.01. The molecule has 0 fully saturated rings. The molecule has 2 aromatic carbocycles. The summed E-state index contributed by atoms with van der Waals surface area (Å²) in [4.78, 5) is 21.5. The van der Waals surface area contributed by atoms with Crippen molar-refractivity contribution < 1.29 is 57.4 Å². The first-order valence-corrected chi connectivity index (χ1v) is 9.32. The van der Waals surface area contributed by atoms with E-state index >= 15 is 0 Å². The molecule has 14 heteroatoms. The molecule has 0 radical (unpaired) electrons. The summed E-state index contributed by atoms with van der Waals surface area (Å²) in [5, 5.41) is 33.5. The van der Waals surface area contributed by atoms with Crippen molar-refractivity contribution in [1.82, 2.24) is 0 Å². The number of nitrogens with zero attached hydrogens (tertiary/aromatic N) is 5. The number of para-hydroxylation sites is 1. The number of anilines is 1. The maximum absolute atomic E-state index is 12.6. The average molecular weight is 441 g/mol. The number of phenols is 1. The number of benzene rings is 2. The first-order valence-electron chi connectivity index (χ1n) is 7.92. The van der Waals surface area contributed by atoms with Crippen molar-refractivity contribution in [3.05, 3.63) is 52.6 Å². The van der Waals surface area contributed by atoms with Crippen LogP contribution in [0.5, 0.6) is 5.75 Å². The monoisotopic (exact) mass is 441 g/mol. The van der Waals surface area contributed by atoms with E-state index in [1.165, 1.54) is 6.92 Å². The minimum Gasteiger partial charge on any atom is -0.744 e. The largest absolute Gasteiger partial charge is 1.00 e. The van der Waals surface area contributed by atoms with Crippen LogP contribution in [-0.4, -0.2) is 40.7 Å². The molecule has 1 aliphatic rings. The van der Waals surface area contributed by atoms with E-state index in [1.54, 1.807) is 30.3 Å². The van der Waals surface area contributed by atoms with Crippen LogP contribution in [0.1, 0.15) is 6.92 Å². The summed E-state index contributed by atoms with van der Waals surface area (Å²) in [7, 11) is -5.07. The zero-order valence-corrected chi connectivity index (χ0v) is 18.5. The number of nitro groups is 1. The summed E-state index contributed by atoms with van der Waals surface area (Å²) in [6.07, 6.45) is 0.